The third-order valence-electron chi connectivity index (χ3n) is 5.32. The lowest BCUT2D eigenvalue weighted by atomic mass is 10.1. The molecule has 0 saturated carbocycles. The van der Waals surface area contributed by atoms with Crippen molar-refractivity contribution in [2.24, 2.45) is 0 Å². The summed E-state index contributed by atoms with van der Waals surface area (Å²) in [6.07, 6.45) is 1.67. The summed E-state index contributed by atoms with van der Waals surface area (Å²) >= 11 is 0. The van der Waals surface area contributed by atoms with Gasteiger partial charge >= 0.3 is 0 Å². The molecule has 1 aliphatic heterocycles. The first-order valence-electron chi connectivity index (χ1n) is 10.1. The van der Waals surface area contributed by atoms with Crippen molar-refractivity contribution in [2.45, 2.75) is 25.5 Å². The molecule has 0 aromatic heterocycles. The Morgan fingerprint density at radius 3 is 2.23 bits per heavy atom. The number of likely N-dealkylation sites (N-methyl/N-ethyl adjacent to an activating group) is 1. The zero-order chi connectivity index (χ0) is 21.5. The van der Waals surface area contributed by atoms with E-state index in [1.54, 1.807) is 38.3 Å². The van der Waals surface area contributed by atoms with Crippen molar-refractivity contribution in [3.8, 4) is 17.2 Å². The maximum absolute atomic E-state index is 13.0. The number of hydrogen-bond donors (Lipinski definition) is 0. The Kier molecular flexibility index (Phi) is 7.52. The summed E-state index contributed by atoms with van der Waals surface area (Å²) < 4.78 is 30.0. The largest absolute Gasteiger partial charge is 0.493 e. The van der Waals surface area contributed by atoms with Gasteiger partial charge in [-0.05, 0) is 42.7 Å². The van der Waals surface area contributed by atoms with E-state index in [1.165, 1.54) is 12.1 Å². The Labute approximate surface area is 177 Å². The van der Waals surface area contributed by atoms with Gasteiger partial charge in [0, 0.05) is 26.7 Å². The van der Waals surface area contributed by atoms with Crippen LogP contribution in [0.3, 0.4) is 0 Å². The van der Waals surface area contributed by atoms with Gasteiger partial charge in [0.05, 0.1) is 20.8 Å². The number of methoxy groups -OCH3 is 2. The number of carbonyl (C=O) groups is 1. The summed E-state index contributed by atoms with van der Waals surface area (Å²) in [4.78, 5) is 16.4. The smallest absolute Gasteiger partial charge is 0.236 e. The Morgan fingerprint density at radius 1 is 1.07 bits per heavy atom. The molecule has 0 spiro atoms. The molecule has 3 rings (SSSR count). The Bertz CT molecular complexity index is 813. The molecule has 162 valence electrons. The molecule has 1 aliphatic rings. The van der Waals surface area contributed by atoms with Crippen molar-refractivity contribution in [1.29, 1.82) is 0 Å². The molecule has 0 aliphatic carbocycles. The minimum atomic E-state index is -0.274. The number of rotatable bonds is 8. The molecule has 0 atom stereocenters. The average molecular weight is 416 g/mol. The van der Waals surface area contributed by atoms with Crippen molar-refractivity contribution in [3.05, 3.63) is 53.8 Å². The second kappa shape index (κ2) is 10.3. The van der Waals surface area contributed by atoms with Gasteiger partial charge in [-0.1, -0.05) is 18.2 Å². The van der Waals surface area contributed by atoms with E-state index in [2.05, 4.69) is 4.90 Å². The van der Waals surface area contributed by atoms with Crippen molar-refractivity contribution in [2.75, 3.05) is 40.9 Å². The number of carbonyl (C=O) groups excluding carboxylic acids is 1. The van der Waals surface area contributed by atoms with Crippen LogP contribution in [-0.2, 0) is 11.3 Å². The number of ether oxygens (including phenoxy) is 3. The first kappa shape index (κ1) is 21.9. The van der Waals surface area contributed by atoms with Crippen molar-refractivity contribution < 1.29 is 23.4 Å². The standard InChI is InChI=1S/C23H29FN2O4/c1-25(15-17-7-9-18(24)10-8-17)22(27)16-26-13-11-19(12-14-26)30-23-20(28-2)5-4-6-21(23)29-3/h4-10,19H,11-16H2,1-3H3. The molecule has 0 unspecified atom stereocenters. The summed E-state index contributed by atoms with van der Waals surface area (Å²) in [6, 6.07) is 11.8. The number of para-hydroxylation sites is 1. The monoisotopic (exact) mass is 416 g/mol. The number of benzene rings is 2. The van der Waals surface area contributed by atoms with E-state index in [0.717, 1.165) is 31.5 Å². The van der Waals surface area contributed by atoms with Gasteiger partial charge in [-0.15, -0.1) is 0 Å². The molecule has 2 aromatic carbocycles. The van der Waals surface area contributed by atoms with Crippen LogP contribution in [0.15, 0.2) is 42.5 Å². The zero-order valence-electron chi connectivity index (χ0n) is 17.8. The molecule has 0 bridgehead atoms. The van der Waals surface area contributed by atoms with Crippen LogP contribution in [0, 0.1) is 5.82 Å². The quantitative estimate of drug-likeness (QED) is 0.661. The van der Waals surface area contributed by atoms with Crippen LogP contribution in [0.1, 0.15) is 18.4 Å². The van der Waals surface area contributed by atoms with Gasteiger partial charge in [-0.3, -0.25) is 9.69 Å². The van der Waals surface area contributed by atoms with Crippen LogP contribution in [0.2, 0.25) is 0 Å². The third kappa shape index (κ3) is 5.63. The SMILES string of the molecule is COc1cccc(OC)c1OC1CCN(CC(=O)N(C)Cc2ccc(F)cc2)CC1. The van der Waals surface area contributed by atoms with Crippen LogP contribution < -0.4 is 14.2 Å². The Balaban J connectivity index is 1.48. The van der Waals surface area contributed by atoms with Gasteiger partial charge in [0.25, 0.3) is 0 Å². The van der Waals surface area contributed by atoms with Gasteiger partial charge in [0.2, 0.25) is 11.7 Å². The molecule has 0 N–H and O–H groups in total. The third-order valence-corrected chi connectivity index (χ3v) is 5.32. The Morgan fingerprint density at radius 2 is 1.67 bits per heavy atom. The Hall–Kier alpha value is -2.80. The minimum absolute atomic E-state index is 0.0403. The number of hydrogen-bond acceptors (Lipinski definition) is 5. The summed E-state index contributed by atoms with van der Waals surface area (Å²) in [5.41, 5.74) is 0.908. The summed E-state index contributed by atoms with van der Waals surface area (Å²) in [5.74, 6) is 1.69. The predicted octanol–water partition coefficient (Wildman–Crippen LogP) is 3.34. The highest BCUT2D eigenvalue weighted by Gasteiger charge is 2.25. The van der Waals surface area contributed by atoms with Gasteiger partial charge in [0.15, 0.2) is 11.5 Å². The molecule has 6 nitrogen and oxygen atoms in total. The van der Waals surface area contributed by atoms with Gasteiger partial charge in [-0.25, -0.2) is 4.39 Å². The second-order valence-electron chi connectivity index (χ2n) is 7.46. The van der Waals surface area contributed by atoms with Crippen LogP contribution in [-0.4, -0.2) is 62.7 Å². The first-order chi connectivity index (χ1) is 14.5. The van der Waals surface area contributed by atoms with Crippen LogP contribution in [0.4, 0.5) is 4.39 Å². The first-order valence-corrected chi connectivity index (χ1v) is 10.1. The summed E-state index contributed by atoms with van der Waals surface area (Å²) in [7, 11) is 4.99. The maximum atomic E-state index is 13.0. The predicted molar refractivity (Wildman–Crippen MR) is 113 cm³/mol. The molecule has 30 heavy (non-hydrogen) atoms. The summed E-state index contributed by atoms with van der Waals surface area (Å²) in [5, 5.41) is 0. The van der Waals surface area contributed by atoms with Gasteiger partial charge in [-0.2, -0.15) is 0 Å². The number of halogens is 1. The molecule has 1 fully saturated rings. The van der Waals surface area contributed by atoms with E-state index in [9.17, 15) is 9.18 Å². The zero-order valence-corrected chi connectivity index (χ0v) is 17.8. The lowest BCUT2D eigenvalue weighted by Crippen LogP contribution is -2.44. The number of piperidine rings is 1. The van der Waals surface area contributed by atoms with E-state index >= 15 is 0 Å². The maximum Gasteiger partial charge on any atom is 0.236 e. The molecule has 0 radical (unpaired) electrons. The van der Waals surface area contributed by atoms with Crippen LogP contribution >= 0.6 is 0 Å². The number of amides is 1. The highest BCUT2D eigenvalue weighted by molar-refractivity contribution is 5.78. The normalized spacial score (nSPS) is 14.9. The fraction of sp³-hybridized carbons (Fsp3) is 0.435. The molecule has 1 amide bonds. The molecular weight excluding hydrogens is 387 g/mol. The van der Waals surface area contributed by atoms with E-state index in [4.69, 9.17) is 14.2 Å². The van der Waals surface area contributed by atoms with E-state index in [1.807, 2.05) is 18.2 Å². The van der Waals surface area contributed by atoms with Crippen LogP contribution in [0.25, 0.3) is 0 Å². The molecule has 1 saturated heterocycles. The molecule has 1 heterocycles. The van der Waals surface area contributed by atoms with E-state index in [-0.39, 0.29) is 17.8 Å². The lowest BCUT2D eigenvalue weighted by molar-refractivity contribution is -0.132. The van der Waals surface area contributed by atoms with Gasteiger partial charge < -0.3 is 19.1 Å². The number of nitrogens with zero attached hydrogens (tertiary/aromatic N) is 2. The van der Waals surface area contributed by atoms with Gasteiger partial charge in [0.1, 0.15) is 11.9 Å². The van der Waals surface area contributed by atoms with E-state index in [0.29, 0.717) is 30.3 Å². The lowest BCUT2D eigenvalue weighted by Gasteiger charge is -2.33. The second-order valence-corrected chi connectivity index (χ2v) is 7.46. The number of likely N-dealkylation sites (tertiary alicyclic amines) is 1. The minimum Gasteiger partial charge on any atom is -0.493 e. The van der Waals surface area contributed by atoms with Crippen molar-refractivity contribution in [1.82, 2.24) is 9.80 Å². The summed E-state index contributed by atoms with van der Waals surface area (Å²) in [6.45, 7) is 2.38. The topological polar surface area (TPSA) is 51.2 Å². The molecular formula is C23H29FN2O4. The fourth-order valence-electron chi connectivity index (χ4n) is 3.55. The molecule has 2 aromatic rings. The van der Waals surface area contributed by atoms with Crippen molar-refractivity contribution >= 4 is 5.91 Å². The average Bonchev–Trinajstić information content (AvgIpc) is 2.76. The molecule has 7 heteroatoms. The van der Waals surface area contributed by atoms with E-state index < -0.39 is 0 Å². The highest BCUT2D eigenvalue weighted by Crippen LogP contribution is 2.38. The fourth-order valence-corrected chi connectivity index (χ4v) is 3.55. The van der Waals surface area contributed by atoms with Crippen molar-refractivity contribution in [3.63, 3.8) is 0 Å². The van der Waals surface area contributed by atoms with Crippen LogP contribution in [0.5, 0.6) is 17.2 Å². The highest BCUT2D eigenvalue weighted by atomic mass is 19.1.